The highest BCUT2D eigenvalue weighted by atomic mass is 32.3. The Balaban J connectivity index is 0.000000841. The van der Waals surface area contributed by atoms with E-state index in [1.54, 1.807) is 12.2 Å². The lowest BCUT2D eigenvalue weighted by Crippen LogP contribution is -2.18. The smallest absolute Gasteiger partial charge is 0.370 e. The number of nitrogens with zero attached hydrogens (tertiary/aromatic N) is 3. The summed E-state index contributed by atoms with van der Waals surface area (Å²) >= 11 is 0. The van der Waals surface area contributed by atoms with Crippen LogP contribution in [0.5, 0.6) is 0 Å². The summed E-state index contributed by atoms with van der Waals surface area (Å²) in [6.07, 6.45) is 2.09. The molecule has 0 aromatic carbocycles. The second-order valence-electron chi connectivity index (χ2n) is 4.42. The molecule has 0 radical (unpaired) electrons. The summed E-state index contributed by atoms with van der Waals surface area (Å²) in [5.41, 5.74) is 0. The van der Waals surface area contributed by atoms with Gasteiger partial charge in [0.2, 0.25) is 5.95 Å². The van der Waals surface area contributed by atoms with E-state index in [9.17, 15) is 0 Å². The molecule has 0 unspecified atom stereocenters. The quantitative estimate of drug-likeness (QED) is 0.402. The maximum Gasteiger partial charge on any atom is 0.394 e. The van der Waals surface area contributed by atoms with Crippen molar-refractivity contribution in [3.05, 3.63) is 6.07 Å². The van der Waals surface area contributed by atoms with E-state index in [0.717, 1.165) is 37.6 Å². The fourth-order valence-corrected chi connectivity index (χ4v) is 1.35. The van der Waals surface area contributed by atoms with Crippen molar-refractivity contribution in [2.75, 3.05) is 42.9 Å². The molecule has 0 aliphatic rings. The molecule has 0 saturated heterocycles. The Morgan fingerprint density at radius 3 is 2.17 bits per heavy atom. The Kier molecular flexibility index (Phi) is 10.1. The maximum atomic E-state index is 8.74. The minimum atomic E-state index is -4.67. The highest BCUT2D eigenvalue weighted by Gasteiger charge is 2.07. The monoisotopic (exact) mass is 351 g/mol. The van der Waals surface area contributed by atoms with Gasteiger partial charge in [-0.2, -0.15) is 18.4 Å². The fraction of sp³-hybridized carbons (Fsp3) is 0.667. The van der Waals surface area contributed by atoms with Crippen LogP contribution in [0, 0.1) is 0 Å². The minimum absolute atomic E-state index is 0.622. The van der Waals surface area contributed by atoms with Gasteiger partial charge in [-0.15, -0.1) is 0 Å². The van der Waals surface area contributed by atoms with Crippen LogP contribution in [0.1, 0.15) is 26.7 Å². The highest BCUT2D eigenvalue weighted by molar-refractivity contribution is 7.79. The molecule has 0 aliphatic carbocycles. The molecule has 0 bridgehead atoms. The summed E-state index contributed by atoms with van der Waals surface area (Å²) in [5, 5.41) is 8.05. The lowest BCUT2D eigenvalue weighted by atomic mass is 10.4. The predicted octanol–water partition coefficient (Wildman–Crippen LogP) is 1.47. The second kappa shape index (κ2) is 10.9. The zero-order valence-electron chi connectivity index (χ0n) is 13.8. The van der Waals surface area contributed by atoms with Gasteiger partial charge in [-0.3, -0.25) is 13.9 Å². The average Bonchev–Trinajstić information content (AvgIpc) is 2.48. The van der Waals surface area contributed by atoms with Gasteiger partial charge in [0, 0.05) is 26.2 Å². The van der Waals surface area contributed by atoms with Crippen LogP contribution >= 0.6 is 0 Å². The number of hydrogen-bond acceptors (Lipinski definition) is 8. The minimum Gasteiger partial charge on any atom is -0.370 e. The molecule has 0 fully saturated rings. The highest BCUT2D eigenvalue weighted by Crippen LogP contribution is 2.17. The number of aromatic nitrogens is 2. The molecule has 0 amide bonds. The summed E-state index contributed by atoms with van der Waals surface area (Å²) in [7, 11) is -1.24. The molecule has 4 N–H and O–H groups in total. The zero-order chi connectivity index (χ0) is 17.9. The van der Waals surface area contributed by atoms with Gasteiger partial charge in [-0.1, -0.05) is 13.8 Å². The van der Waals surface area contributed by atoms with E-state index < -0.39 is 10.4 Å². The lowest BCUT2D eigenvalue weighted by Gasteiger charge is -2.17. The van der Waals surface area contributed by atoms with Crippen molar-refractivity contribution in [3.8, 4) is 0 Å². The molecule has 0 saturated carbocycles. The van der Waals surface area contributed by atoms with Gasteiger partial charge in [0.25, 0.3) is 0 Å². The Labute approximate surface area is 136 Å². The summed E-state index contributed by atoms with van der Waals surface area (Å²) in [5.74, 6) is 2.16. The first-order valence-electron chi connectivity index (χ1n) is 7.05. The van der Waals surface area contributed by atoms with Crippen molar-refractivity contribution >= 4 is 28.0 Å². The van der Waals surface area contributed by atoms with Gasteiger partial charge >= 0.3 is 10.4 Å². The predicted molar refractivity (Wildman–Crippen MR) is 89.2 cm³/mol. The van der Waals surface area contributed by atoms with Gasteiger partial charge in [-0.25, -0.2) is 5.06 Å². The third-order valence-electron chi connectivity index (χ3n) is 2.40. The van der Waals surface area contributed by atoms with Crippen molar-refractivity contribution < 1.29 is 22.4 Å². The third kappa shape index (κ3) is 11.5. The normalized spacial score (nSPS) is 10.5. The van der Waals surface area contributed by atoms with Crippen LogP contribution in [0.2, 0.25) is 0 Å². The van der Waals surface area contributed by atoms with Crippen LogP contribution in [0.15, 0.2) is 6.07 Å². The van der Waals surface area contributed by atoms with Crippen molar-refractivity contribution in [1.29, 1.82) is 0 Å². The molecule has 0 aliphatic heterocycles. The van der Waals surface area contributed by atoms with E-state index in [1.165, 1.54) is 0 Å². The SMILES string of the molecule is CCCNc1cc(N(C)OC)nc(NCCC)n1.O=S(=O)(O)O. The van der Waals surface area contributed by atoms with Crippen molar-refractivity contribution in [2.45, 2.75) is 26.7 Å². The van der Waals surface area contributed by atoms with E-state index in [0.29, 0.717) is 5.95 Å². The van der Waals surface area contributed by atoms with Crippen LogP contribution in [0.3, 0.4) is 0 Å². The largest absolute Gasteiger partial charge is 0.394 e. The molecule has 134 valence electrons. The first-order chi connectivity index (χ1) is 10.7. The van der Waals surface area contributed by atoms with Crippen LogP contribution in [0.4, 0.5) is 17.6 Å². The summed E-state index contributed by atoms with van der Waals surface area (Å²) < 4.78 is 31.6. The molecular formula is C12H25N5O5S. The van der Waals surface area contributed by atoms with Gasteiger partial charge in [-0.05, 0) is 12.8 Å². The van der Waals surface area contributed by atoms with Crippen molar-refractivity contribution in [3.63, 3.8) is 0 Å². The Morgan fingerprint density at radius 2 is 1.70 bits per heavy atom. The van der Waals surface area contributed by atoms with Gasteiger partial charge in [0.1, 0.15) is 5.82 Å². The van der Waals surface area contributed by atoms with E-state index in [2.05, 4.69) is 34.4 Å². The molecule has 0 spiro atoms. The van der Waals surface area contributed by atoms with E-state index >= 15 is 0 Å². The van der Waals surface area contributed by atoms with E-state index in [1.807, 2.05) is 13.1 Å². The Morgan fingerprint density at radius 1 is 1.17 bits per heavy atom. The van der Waals surface area contributed by atoms with Crippen LogP contribution < -0.4 is 15.7 Å². The number of hydroxylamine groups is 1. The number of anilines is 3. The molecule has 0 atom stereocenters. The topological polar surface area (TPSA) is 137 Å². The van der Waals surface area contributed by atoms with E-state index in [4.69, 9.17) is 22.4 Å². The first-order valence-corrected chi connectivity index (χ1v) is 8.45. The molecule has 1 heterocycles. The van der Waals surface area contributed by atoms with Crippen molar-refractivity contribution in [1.82, 2.24) is 9.97 Å². The molecular weight excluding hydrogens is 326 g/mol. The van der Waals surface area contributed by atoms with Crippen LogP contribution in [-0.2, 0) is 15.2 Å². The van der Waals surface area contributed by atoms with Crippen molar-refractivity contribution in [2.24, 2.45) is 0 Å². The molecule has 11 heteroatoms. The summed E-state index contributed by atoms with van der Waals surface area (Å²) in [4.78, 5) is 13.9. The van der Waals surface area contributed by atoms with Crippen LogP contribution in [0.25, 0.3) is 0 Å². The number of hydrogen-bond donors (Lipinski definition) is 4. The lowest BCUT2D eigenvalue weighted by molar-refractivity contribution is 0.182. The molecule has 10 nitrogen and oxygen atoms in total. The first kappa shape index (κ1) is 21.3. The average molecular weight is 351 g/mol. The summed E-state index contributed by atoms with van der Waals surface area (Å²) in [6, 6.07) is 1.87. The van der Waals surface area contributed by atoms with E-state index in [-0.39, 0.29) is 0 Å². The molecule has 1 rings (SSSR count). The molecule has 23 heavy (non-hydrogen) atoms. The van der Waals surface area contributed by atoms with Crippen LogP contribution in [-0.4, -0.2) is 54.7 Å². The third-order valence-corrected chi connectivity index (χ3v) is 2.40. The van der Waals surface area contributed by atoms with Gasteiger partial charge < -0.3 is 10.6 Å². The second-order valence-corrected chi connectivity index (χ2v) is 5.31. The fourth-order valence-electron chi connectivity index (χ4n) is 1.35. The number of rotatable bonds is 8. The molecule has 1 aromatic rings. The number of nitrogens with one attached hydrogen (secondary N) is 2. The molecule has 1 aromatic heterocycles. The van der Waals surface area contributed by atoms with Gasteiger partial charge in [0.05, 0.1) is 7.11 Å². The Hall–Kier alpha value is -1.69. The summed E-state index contributed by atoms with van der Waals surface area (Å²) in [6.45, 7) is 5.97. The zero-order valence-corrected chi connectivity index (χ0v) is 14.6. The maximum absolute atomic E-state index is 8.74. The van der Waals surface area contributed by atoms with Gasteiger partial charge in [0.15, 0.2) is 5.82 Å². The standard InChI is InChI=1S/C12H23N5O.H2O4S/c1-5-7-13-10-9-11(17(3)18-4)16-12(15-10)14-8-6-2;1-5(2,3)4/h9H,5-8H2,1-4H3,(H2,13,14,15,16);(H2,1,2,3,4). The Bertz CT molecular complexity index is 521.